The third-order valence-electron chi connectivity index (χ3n) is 5.70. The average Bonchev–Trinajstić information content (AvgIpc) is 3.41. The van der Waals surface area contributed by atoms with Gasteiger partial charge in [0.25, 0.3) is 0 Å². The number of anilines is 1. The number of H-pyrrole nitrogens is 1. The maximum atomic E-state index is 14.0. The molecule has 4 rings (SSSR count). The van der Waals surface area contributed by atoms with Crippen LogP contribution >= 0.6 is 0 Å². The molecule has 166 valence electrons. The van der Waals surface area contributed by atoms with Crippen molar-refractivity contribution in [3.63, 3.8) is 0 Å². The molecular formula is C24H24F2N4O2. The standard InChI is InChI=1S/C24H24F2N4O2/c1-29(12-4-5-19-14-21(28-27-19)16-8-10-18(25)11-9-16)24(32)17-13-23(31)30(15-17)22-7-3-2-6-20(22)26/h2-3,6-11,14,17H,4-5,12-13,15H2,1H3,(H,27,28). The molecule has 1 unspecified atom stereocenters. The van der Waals surface area contributed by atoms with E-state index in [0.29, 0.717) is 19.4 Å². The van der Waals surface area contributed by atoms with Crippen LogP contribution in [0, 0.1) is 17.6 Å². The second-order valence-corrected chi connectivity index (χ2v) is 8.01. The highest BCUT2D eigenvalue weighted by atomic mass is 19.1. The summed E-state index contributed by atoms with van der Waals surface area (Å²) in [5.74, 6) is -1.61. The molecule has 1 saturated heterocycles. The van der Waals surface area contributed by atoms with E-state index in [1.807, 2.05) is 6.07 Å². The molecule has 1 atom stereocenters. The first-order valence-corrected chi connectivity index (χ1v) is 10.5. The monoisotopic (exact) mass is 438 g/mol. The minimum absolute atomic E-state index is 0.0824. The summed E-state index contributed by atoms with van der Waals surface area (Å²) < 4.78 is 27.1. The predicted molar refractivity (Wildman–Crippen MR) is 117 cm³/mol. The van der Waals surface area contributed by atoms with Gasteiger partial charge in [0.2, 0.25) is 11.8 Å². The highest BCUT2D eigenvalue weighted by Crippen LogP contribution is 2.28. The molecule has 0 spiro atoms. The van der Waals surface area contributed by atoms with Crippen LogP contribution in [0.2, 0.25) is 0 Å². The quantitative estimate of drug-likeness (QED) is 0.610. The number of hydrogen-bond acceptors (Lipinski definition) is 3. The van der Waals surface area contributed by atoms with Gasteiger partial charge in [-0.3, -0.25) is 14.7 Å². The van der Waals surface area contributed by atoms with Crippen LogP contribution in [-0.4, -0.2) is 47.0 Å². The van der Waals surface area contributed by atoms with Gasteiger partial charge in [0.05, 0.1) is 17.3 Å². The Hall–Kier alpha value is -3.55. The van der Waals surface area contributed by atoms with E-state index in [0.717, 1.165) is 17.0 Å². The van der Waals surface area contributed by atoms with Gasteiger partial charge in [-0.1, -0.05) is 12.1 Å². The Bertz CT molecular complexity index is 1110. The van der Waals surface area contributed by atoms with Crippen molar-refractivity contribution in [3.8, 4) is 11.3 Å². The third kappa shape index (κ3) is 4.69. The van der Waals surface area contributed by atoms with E-state index < -0.39 is 11.7 Å². The van der Waals surface area contributed by atoms with Gasteiger partial charge < -0.3 is 9.80 Å². The van der Waals surface area contributed by atoms with E-state index in [4.69, 9.17) is 0 Å². The molecule has 1 aliphatic heterocycles. The lowest BCUT2D eigenvalue weighted by atomic mass is 10.1. The molecule has 1 aliphatic rings. The molecule has 1 aromatic heterocycles. The number of carbonyl (C=O) groups excluding carboxylic acids is 2. The van der Waals surface area contributed by atoms with Crippen LogP contribution in [-0.2, 0) is 16.0 Å². The van der Waals surface area contributed by atoms with Crippen molar-refractivity contribution in [2.45, 2.75) is 19.3 Å². The lowest BCUT2D eigenvalue weighted by molar-refractivity contribution is -0.134. The molecule has 8 heteroatoms. The molecule has 1 N–H and O–H groups in total. The normalized spacial score (nSPS) is 15.9. The number of aryl methyl sites for hydroxylation is 1. The molecule has 3 aromatic rings. The number of amides is 2. The van der Waals surface area contributed by atoms with Crippen LogP contribution in [0.4, 0.5) is 14.5 Å². The summed E-state index contributed by atoms with van der Waals surface area (Å²) in [5.41, 5.74) is 2.70. The Kier molecular flexibility index (Phi) is 6.30. The van der Waals surface area contributed by atoms with Gasteiger partial charge in [-0.25, -0.2) is 8.78 Å². The van der Waals surface area contributed by atoms with Crippen molar-refractivity contribution in [2.75, 3.05) is 25.0 Å². The number of aromatic amines is 1. The third-order valence-corrected chi connectivity index (χ3v) is 5.70. The van der Waals surface area contributed by atoms with Gasteiger partial charge in [-0.15, -0.1) is 0 Å². The SMILES string of the molecule is CN(CCCc1cc(-c2ccc(F)cc2)n[nH]1)C(=O)C1CC(=O)N(c2ccccc2F)C1. The van der Waals surface area contributed by atoms with E-state index in [-0.39, 0.29) is 36.3 Å². The van der Waals surface area contributed by atoms with Gasteiger partial charge in [0, 0.05) is 37.8 Å². The van der Waals surface area contributed by atoms with E-state index in [2.05, 4.69) is 10.2 Å². The second kappa shape index (κ2) is 9.30. The second-order valence-electron chi connectivity index (χ2n) is 8.01. The van der Waals surface area contributed by atoms with Crippen molar-refractivity contribution in [2.24, 2.45) is 5.92 Å². The molecule has 2 aromatic carbocycles. The number of carbonyl (C=O) groups is 2. The zero-order chi connectivity index (χ0) is 22.7. The summed E-state index contributed by atoms with van der Waals surface area (Å²) >= 11 is 0. The van der Waals surface area contributed by atoms with Crippen molar-refractivity contribution in [3.05, 3.63) is 71.9 Å². The summed E-state index contributed by atoms with van der Waals surface area (Å²) in [6, 6.07) is 14.1. The number of para-hydroxylation sites is 1. The maximum absolute atomic E-state index is 14.0. The number of hydrogen-bond donors (Lipinski definition) is 1. The first-order chi connectivity index (χ1) is 15.4. The van der Waals surface area contributed by atoms with Crippen molar-refractivity contribution < 1.29 is 18.4 Å². The summed E-state index contributed by atoms with van der Waals surface area (Å²) in [5, 5.41) is 7.24. The minimum Gasteiger partial charge on any atom is -0.345 e. The fraction of sp³-hybridized carbons (Fsp3) is 0.292. The van der Waals surface area contributed by atoms with Crippen LogP contribution in [0.15, 0.2) is 54.6 Å². The molecule has 2 heterocycles. The number of aromatic nitrogens is 2. The summed E-state index contributed by atoms with van der Waals surface area (Å²) in [4.78, 5) is 28.2. The van der Waals surface area contributed by atoms with E-state index in [9.17, 15) is 18.4 Å². The van der Waals surface area contributed by atoms with Crippen LogP contribution in [0.5, 0.6) is 0 Å². The molecule has 0 saturated carbocycles. The maximum Gasteiger partial charge on any atom is 0.227 e. The predicted octanol–water partition coefficient (Wildman–Crippen LogP) is 3.80. The molecule has 6 nitrogen and oxygen atoms in total. The number of nitrogens with one attached hydrogen (secondary N) is 1. The summed E-state index contributed by atoms with van der Waals surface area (Å²) in [6.07, 6.45) is 1.49. The zero-order valence-corrected chi connectivity index (χ0v) is 17.7. The van der Waals surface area contributed by atoms with Gasteiger partial charge in [-0.2, -0.15) is 5.10 Å². The molecular weight excluding hydrogens is 414 g/mol. The number of benzene rings is 2. The van der Waals surface area contributed by atoms with Crippen molar-refractivity contribution in [1.82, 2.24) is 15.1 Å². The molecule has 0 radical (unpaired) electrons. The van der Waals surface area contributed by atoms with Gasteiger partial charge >= 0.3 is 0 Å². The van der Waals surface area contributed by atoms with Gasteiger partial charge in [-0.05, 0) is 55.3 Å². The first-order valence-electron chi connectivity index (χ1n) is 10.5. The minimum atomic E-state index is -0.482. The van der Waals surface area contributed by atoms with Gasteiger partial charge in [0.15, 0.2) is 0 Å². The number of halogens is 2. The summed E-state index contributed by atoms with van der Waals surface area (Å²) in [7, 11) is 1.72. The van der Waals surface area contributed by atoms with Crippen molar-refractivity contribution >= 4 is 17.5 Å². The Labute approximate surface area is 184 Å². The lowest BCUT2D eigenvalue weighted by Crippen LogP contribution is -2.35. The molecule has 2 amide bonds. The van der Waals surface area contributed by atoms with Crippen LogP contribution in [0.3, 0.4) is 0 Å². The average molecular weight is 438 g/mol. The fourth-order valence-corrected chi connectivity index (χ4v) is 3.96. The van der Waals surface area contributed by atoms with Crippen molar-refractivity contribution in [1.29, 1.82) is 0 Å². The fourth-order valence-electron chi connectivity index (χ4n) is 3.96. The summed E-state index contributed by atoms with van der Waals surface area (Å²) in [6.45, 7) is 0.707. The molecule has 1 fully saturated rings. The van der Waals surface area contributed by atoms with Crippen LogP contribution in [0.25, 0.3) is 11.3 Å². The lowest BCUT2D eigenvalue weighted by Gasteiger charge is -2.21. The van der Waals surface area contributed by atoms with E-state index in [1.54, 1.807) is 42.3 Å². The topological polar surface area (TPSA) is 69.3 Å². The highest BCUT2D eigenvalue weighted by molar-refractivity contribution is 6.00. The zero-order valence-electron chi connectivity index (χ0n) is 17.7. The molecule has 0 bridgehead atoms. The Morgan fingerprint density at radius 2 is 1.94 bits per heavy atom. The van der Waals surface area contributed by atoms with Crippen LogP contribution < -0.4 is 4.90 Å². The first kappa shape index (κ1) is 21.7. The molecule has 0 aliphatic carbocycles. The van der Waals surface area contributed by atoms with E-state index in [1.165, 1.54) is 23.1 Å². The van der Waals surface area contributed by atoms with Crippen LogP contribution in [0.1, 0.15) is 18.5 Å². The Morgan fingerprint density at radius 1 is 1.19 bits per heavy atom. The largest absolute Gasteiger partial charge is 0.345 e. The highest BCUT2D eigenvalue weighted by Gasteiger charge is 2.37. The smallest absolute Gasteiger partial charge is 0.227 e. The Balaban J connectivity index is 1.29. The van der Waals surface area contributed by atoms with E-state index >= 15 is 0 Å². The van der Waals surface area contributed by atoms with Gasteiger partial charge in [0.1, 0.15) is 11.6 Å². The molecule has 32 heavy (non-hydrogen) atoms. The number of rotatable bonds is 7. The Morgan fingerprint density at radius 3 is 2.69 bits per heavy atom. The number of nitrogens with zero attached hydrogens (tertiary/aromatic N) is 3.